The van der Waals surface area contributed by atoms with E-state index in [0.29, 0.717) is 12.5 Å². The number of methoxy groups -OCH3 is 1. The van der Waals surface area contributed by atoms with Crippen LogP contribution >= 0.6 is 0 Å². The number of ether oxygens (including phenoxy) is 2. The Bertz CT molecular complexity index is 967. The monoisotopic (exact) mass is 375 g/mol. The molecule has 1 aliphatic heterocycles. The van der Waals surface area contributed by atoms with Gasteiger partial charge in [0.15, 0.2) is 0 Å². The fourth-order valence-electron chi connectivity index (χ4n) is 4.65. The number of hydrogen-bond acceptors (Lipinski definition) is 4. The molecule has 1 saturated heterocycles. The fourth-order valence-corrected chi connectivity index (χ4v) is 4.65. The minimum atomic E-state index is 0.267. The second-order valence-corrected chi connectivity index (χ2v) is 7.76. The quantitative estimate of drug-likeness (QED) is 0.679. The molecule has 5 nitrogen and oxygen atoms in total. The van der Waals surface area contributed by atoms with Gasteiger partial charge in [0.05, 0.1) is 31.9 Å². The lowest BCUT2D eigenvalue weighted by Crippen LogP contribution is -2.20. The zero-order chi connectivity index (χ0) is 18.9. The van der Waals surface area contributed by atoms with Gasteiger partial charge >= 0.3 is 0 Å². The molecule has 0 radical (unpaired) electrons. The number of aryl methyl sites for hydroxylation is 2. The third kappa shape index (κ3) is 3.10. The molecule has 1 aliphatic carbocycles. The molecule has 1 fully saturated rings. The van der Waals surface area contributed by atoms with Crippen LogP contribution in [0.4, 0.5) is 0 Å². The predicted octanol–water partition coefficient (Wildman–Crippen LogP) is 3.87. The van der Waals surface area contributed by atoms with E-state index >= 15 is 0 Å². The van der Waals surface area contributed by atoms with Crippen LogP contribution in [-0.2, 0) is 24.0 Å². The molecule has 1 aromatic carbocycles. The largest absolute Gasteiger partial charge is 0.496 e. The van der Waals surface area contributed by atoms with Crippen LogP contribution in [0.3, 0.4) is 0 Å². The highest BCUT2D eigenvalue weighted by Gasteiger charge is 2.32. The van der Waals surface area contributed by atoms with Gasteiger partial charge in [-0.15, -0.1) is 0 Å². The van der Waals surface area contributed by atoms with E-state index in [1.807, 2.05) is 18.6 Å². The Labute approximate surface area is 165 Å². The first kappa shape index (κ1) is 17.4. The van der Waals surface area contributed by atoms with Crippen LogP contribution in [0, 0.1) is 5.92 Å². The maximum Gasteiger partial charge on any atom is 0.144 e. The average Bonchev–Trinajstić information content (AvgIpc) is 3.47. The lowest BCUT2D eigenvalue weighted by molar-refractivity contribution is 0.181. The zero-order valence-corrected chi connectivity index (χ0v) is 16.2. The van der Waals surface area contributed by atoms with E-state index < -0.39 is 0 Å². The summed E-state index contributed by atoms with van der Waals surface area (Å²) in [5.74, 6) is 2.30. The van der Waals surface area contributed by atoms with Crippen molar-refractivity contribution < 1.29 is 9.47 Å². The van der Waals surface area contributed by atoms with Crippen molar-refractivity contribution in [3.05, 3.63) is 65.7 Å². The fraction of sp³-hybridized carbons (Fsp3) is 0.391. The van der Waals surface area contributed by atoms with Gasteiger partial charge in [0.2, 0.25) is 0 Å². The molecular weight excluding hydrogens is 350 g/mol. The molecule has 2 aliphatic rings. The molecule has 2 atom stereocenters. The van der Waals surface area contributed by atoms with Gasteiger partial charge in [0.1, 0.15) is 11.6 Å². The molecule has 0 spiro atoms. The Morgan fingerprint density at radius 1 is 1.11 bits per heavy atom. The maximum atomic E-state index is 5.89. The van der Waals surface area contributed by atoms with E-state index in [4.69, 9.17) is 14.5 Å². The first-order valence-electron chi connectivity index (χ1n) is 10.0. The number of nitrogens with zero attached hydrogens (tertiary/aromatic N) is 3. The van der Waals surface area contributed by atoms with E-state index in [2.05, 4.69) is 40.0 Å². The minimum Gasteiger partial charge on any atom is -0.496 e. The first-order chi connectivity index (χ1) is 13.8. The lowest BCUT2D eigenvalue weighted by Gasteiger charge is -2.22. The summed E-state index contributed by atoms with van der Waals surface area (Å²) >= 11 is 0. The Balaban J connectivity index is 1.49. The van der Waals surface area contributed by atoms with Crippen LogP contribution in [-0.4, -0.2) is 34.9 Å². The van der Waals surface area contributed by atoms with Gasteiger partial charge in [-0.05, 0) is 66.6 Å². The molecule has 0 bridgehead atoms. The molecule has 3 aromatic rings. The first-order valence-corrected chi connectivity index (χ1v) is 10.0. The van der Waals surface area contributed by atoms with Crippen molar-refractivity contribution >= 4 is 0 Å². The number of hydrogen-bond donors (Lipinski definition) is 0. The minimum absolute atomic E-state index is 0.267. The molecule has 144 valence electrons. The maximum absolute atomic E-state index is 5.89. The topological polar surface area (TPSA) is 49.2 Å². The third-order valence-corrected chi connectivity index (χ3v) is 6.09. The van der Waals surface area contributed by atoms with E-state index in [1.165, 1.54) is 23.1 Å². The molecule has 28 heavy (non-hydrogen) atoms. The summed E-state index contributed by atoms with van der Waals surface area (Å²) in [7, 11) is 1.75. The van der Waals surface area contributed by atoms with Crippen LogP contribution < -0.4 is 4.74 Å². The van der Waals surface area contributed by atoms with Gasteiger partial charge < -0.3 is 14.0 Å². The highest BCUT2D eigenvalue weighted by atomic mass is 16.5. The Kier molecular flexibility index (Phi) is 4.61. The van der Waals surface area contributed by atoms with Crippen molar-refractivity contribution in [2.45, 2.75) is 31.7 Å². The second kappa shape index (κ2) is 7.40. The molecule has 5 heteroatoms. The Morgan fingerprint density at radius 3 is 2.75 bits per heavy atom. The summed E-state index contributed by atoms with van der Waals surface area (Å²) in [5, 5.41) is 0. The number of rotatable bonds is 5. The highest BCUT2D eigenvalue weighted by molar-refractivity contribution is 5.67. The Hall–Kier alpha value is -2.66. The molecule has 0 unspecified atom stereocenters. The molecule has 0 saturated carbocycles. The summed E-state index contributed by atoms with van der Waals surface area (Å²) < 4.78 is 13.9. The van der Waals surface area contributed by atoms with Gasteiger partial charge in [0, 0.05) is 30.7 Å². The molecule has 0 amide bonds. The lowest BCUT2D eigenvalue weighted by atomic mass is 9.95. The van der Waals surface area contributed by atoms with Crippen LogP contribution in [0.2, 0.25) is 0 Å². The number of imidazole rings is 1. The zero-order valence-electron chi connectivity index (χ0n) is 16.2. The summed E-state index contributed by atoms with van der Waals surface area (Å²) in [6.45, 7) is 1.48. The molecule has 5 rings (SSSR count). The van der Waals surface area contributed by atoms with Crippen molar-refractivity contribution in [3.63, 3.8) is 0 Å². The number of benzene rings is 1. The Morgan fingerprint density at radius 2 is 1.93 bits per heavy atom. The smallest absolute Gasteiger partial charge is 0.144 e. The van der Waals surface area contributed by atoms with Crippen LogP contribution in [0.1, 0.15) is 29.2 Å². The summed E-state index contributed by atoms with van der Waals surface area (Å²) in [5.41, 5.74) is 5.23. The normalized spacial score (nSPS) is 21.0. The van der Waals surface area contributed by atoms with Crippen LogP contribution in [0.25, 0.3) is 11.4 Å². The number of aromatic nitrogens is 3. The van der Waals surface area contributed by atoms with E-state index in [0.717, 1.165) is 43.0 Å². The molecule has 0 N–H and O–H groups in total. The van der Waals surface area contributed by atoms with E-state index in [9.17, 15) is 0 Å². The molecular formula is C23H25N3O2. The van der Waals surface area contributed by atoms with Crippen molar-refractivity contribution in [2.75, 3.05) is 20.3 Å². The van der Waals surface area contributed by atoms with Gasteiger partial charge in [-0.1, -0.05) is 0 Å². The van der Waals surface area contributed by atoms with Crippen molar-refractivity contribution in [3.8, 4) is 17.1 Å². The molecule has 3 heterocycles. The second-order valence-electron chi connectivity index (χ2n) is 7.76. The SMILES string of the molecule is COc1cc2c(cc1-c1nccn1[C@@H]1COC[C@H]1Cc1ccncc1)CCC2. The predicted molar refractivity (Wildman–Crippen MR) is 108 cm³/mol. The van der Waals surface area contributed by atoms with Crippen molar-refractivity contribution in [1.82, 2.24) is 14.5 Å². The van der Waals surface area contributed by atoms with Crippen molar-refractivity contribution in [2.24, 2.45) is 5.92 Å². The number of fused-ring (bicyclic) bond motifs is 1. The average molecular weight is 375 g/mol. The summed E-state index contributed by atoms with van der Waals surface area (Å²) in [6, 6.07) is 8.94. The summed E-state index contributed by atoms with van der Waals surface area (Å²) in [4.78, 5) is 8.85. The van der Waals surface area contributed by atoms with Gasteiger partial charge in [0.25, 0.3) is 0 Å². The van der Waals surface area contributed by atoms with Crippen LogP contribution in [0.5, 0.6) is 5.75 Å². The van der Waals surface area contributed by atoms with Gasteiger partial charge in [-0.25, -0.2) is 4.98 Å². The standard InChI is InChI=1S/C23H25N3O2/c1-27-22-13-18-4-2-3-17(18)12-20(22)23-25-9-10-26(23)21-15-28-14-19(21)11-16-5-7-24-8-6-16/h5-10,12-13,19,21H,2-4,11,14-15H2,1H3/t19-,21-/m1/s1. The van der Waals surface area contributed by atoms with Gasteiger partial charge in [-0.2, -0.15) is 0 Å². The van der Waals surface area contributed by atoms with E-state index in [-0.39, 0.29) is 6.04 Å². The highest BCUT2D eigenvalue weighted by Crippen LogP contribution is 2.38. The van der Waals surface area contributed by atoms with Crippen molar-refractivity contribution in [1.29, 1.82) is 0 Å². The number of pyridine rings is 1. The van der Waals surface area contributed by atoms with Crippen LogP contribution in [0.15, 0.2) is 49.1 Å². The summed E-state index contributed by atoms with van der Waals surface area (Å²) in [6.07, 6.45) is 12.2. The molecule has 2 aromatic heterocycles. The third-order valence-electron chi connectivity index (χ3n) is 6.09. The van der Waals surface area contributed by atoms with Gasteiger partial charge in [-0.3, -0.25) is 4.98 Å². The van der Waals surface area contributed by atoms with E-state index in [1.54, 1.807) is 7.11 Å².